The summed E-state index contributed by atoms with van der Waals surface area (Å²) >= 11 is 0. The maximum absolute atomic E-state index is 13.7. The van der Waals surface area contributed by atoms with Gasteiger partial charge >= 0.3 is 5.69 Å². The van der Waals surface area contributed by atoms with Gasteiger partial charge in [-0.15, -0.1) is 0 Å². The molecule has 2 aliphatic rings. The molecule has 7 heteroatoms. The lowest BCUT2D eigenvalue weighted by molar-refractivity contribution is 0.00118. The van der Waals surface area contributed by atoms with Crippen molar-refractivity contribution in [1.29, 1.82) is 0 Å². The zero-order valence-electron chi connectivity index (χ0n) is 20.3. The van der Waals surface area contributed by atoms with E-state index in [1.807, 2.05) is 76.3 Å². The number of hydrogen-bond acceptors (Lipinski definition) is 4. The molecule has 7 nitrogen and oxygen atoms in total. The molecule has 2 aliphatic heterocycles. The summed E-state index contributed by atoms with van der Waals surface area (Å²) in [7, 11) is 0. The first kappa shape index (κ1) is 22.7. The summed E-state index contributed by atoms with van der Waals surface area (Å²) in [5.41, 5.74) is 4.49. The zero-order chi connectivity index (χ0) is 24.5. The van der Waals surface area contributed by atoms with Crippen LogP contribution in [0.5, 0.6) is 0 Å². The SMILES string of the molecule is O=C(c1cncc(-c2ccccc2)c1)N1CCCCC1N1CCC(n2c(=O)[nH]c3ccccc32)CC1. The van der Waals surface area contributed by atoms with Crippen LogP contribution in [0.15, 0.2) is 77.9 Å². The van der Waals surface area contributed by atoms with Gasteiger partial charge in [0.1, 0.15) is 0 Å². The molecule has 2 fully saturated rings. The van der Waals surface area contributed by atoms with E-state index >= 15 is 0 Å². The molecule has 2 saturated heterocycles. The normalized spacial score (nSPS) is 19.6. The molecule has 0 saturated carbocycles. The first-order valence-corrected chi connectivity index (χ1v) is 12.9. The second-order valence-corrected chi connectivity index (χ2v) is 9.89. The van der Waals surface area contributed by atoms with Crippen LogP contribution in [0.25, 0.3) is 22.2 Å². The quantitative estimate of drug-likeness (QED) is 0.459. The maximum atomic E-state index is 13.7. The van der Waals surface area contributed by atoms with Crippen LogP contribution in [0.2, 0.25) is 0 Å². The number of H-pyrrole nitrogens is 1. The van der Waals surface area contributed by atoms with Crippen molar-refractivity contribution in [3.05, 3.63) is 89.1 Å². The number of imidazole rings is 1. The number of carbonyl (C=O) groups excluding carboxylic acids is 1. The highest BCUT2D eigenvalue weighted by molar-refractivity contribution is 5.95. The predicted molar refractivity (Wildman–Crippen MR) is 141 cm³/mol. The summed E-state index contributed by atoms with van der Waals surface area (Å²) in [5.74, 6) is 0.0555. The number of aromatic nitrogens is 3. The van der Waals surface area contributed by atoms with Crippen molar-refractivity contribution in [1.82, 2.24) is 24.3 Å². The van der Waals surface area contributed by atoms with Gasteiger partial charge in [-0.3, -0.25) is 19.2 Å². The number of amides is 1. The fourth-order valence-electron chi connectivity index (χ4n) is 5.92. The molecule has 0 aliphatic carbocycles. The Balaban J connectivity index is 1.19. The van der Waals surface area contributed by atoms with Crippen molar-refractivity contribution in [2.24, 2.45) is 0 Å². The molecule has 1 atom stereocenters. The van der Waals surface area contributed by atoms with Crippen LogP contribution in [0, 0.1) is 0 Å². The number of para-hydroxylation sites is 2. The first-order valence-electron chi connectivity index (χ1n) is 12.9. The maximum Gasteiger partial charge on any atom is 0.326 e. The minimum Gasteiger partial charge on any atom is -0.323 e. The van der Waals surface area contributed by atoms with Gasteiger partial charge in [0.05, 0.1) is 22.8 Å². The van der Waals surface area contributed by atoms with E-state index in [2.05, 4.69) is 14.9 Å². The molecule has 1 N–H and O–H groups in total. The highest BCUT2D eigenvalue weighted by Gasteiger charge is 2.35. The Morgan fingerprint density at radius 2 is 1.64 bits per heavy atom. The van der Waals surface area contributed by atoms with E-state index in [0.29, 0.717) is 5.56 Å². The lowest BCUT2D eigenvalue weighted by atomic mass is 9.99. The van der Waals surface area contributed by atoms with Crippen molar-refractivity contribution in [2.75, 3.05) is 19.6 Å². The number of aromatic amines is 1. The van der Waals surface area contributed by atoms with Gasteiger partial charge in [0.15, 0.2) is 0 Å². The van der Waals surface area contributed by atoms with Crippen LogP contribution in [0.1, 0.15) is 48.5 Å². The minimum atomic E-state index is -0.0325. The molecular formula is C29H31N5O2. The van der Waals surface area contributed by atoms with Crippen LogP contribution in [-0.2, 0) is 0 Å². The van der Waals surface area contributed by atoms with Crippen LogP contribution >= 0.6 is 0 Å². The smallest absolute Gasteiger partial charge is 0.323 e. The van der Waals surface area contributed by atoms with Crippen molar-refractivity contribution in [3.8, 4) is 11.1 Å². The Labute approximate surface area is 210 Å². The molecular weight excluding hydrogens is 450 g/mol. The molecule has 0 radical (unpaired) electrons. The summed E-state index contributed by atoms with van der Waals surface area (Å²) in [4.78, 5) is 38.2. The van der Waals surface area contributed by atoms with E-state index in [-0.39, 0.29) is 23.8 Å². The molecule has 2 aromatic heterocycles. The number of fused-ring (bicyclic) bond motifs is 1. The first-order chi connectivity index (χ1) is 17.7. The van der Waals surface area contributed by atoms with Gasteiger partial charge in [0.2, 0.25) is 0 Å². The van der Waals surface area contributed by atoms with Crippen LogP contribution < -0.4 is 5.69 Å². The molecule has 2 aromatic carbocycles. The summed E-state index contributed by atoms with van der Waals surface area (Å²) in [6.07, 6.45) is 8.51. The molecule has 36 heavy (non-hydrogen) atoms. The van der Waals surface area contributed by atoms with E-state index in [9.17, 15) is 9.59 Å². The number of rotatable bonds is 4. The van der Waals surface area contributed by atoms with Crippen molar-refractivity contribution in [3.63, 3.8) is 0 Å². The number of benzene rings is 2. The fourth-order valence-corrected chi connectivity index (χ4v) is 5.92. The molecule has 1 amide bonds. The van der Waals surface area contributed by atoms with E-state index in [1.54, 1.807) is 6.20 Å². The Morgan fingerprint density at radius 3 is 2.47 bits per heavy atom. The Morgan fingerprint density at radius 1 is 0.861 bits per heavy atom. The van der Waals surface area contributed by atoms with Gasteiger partial charge in [0.25, 0.3) is 5.91 Å². The number of likely N-dealkylation sites (tertiary alicyclic amines) is 2. The third kappa shape index (κ3) is 4.24. The predicted octanol–water partition coefficient (Wildman–Crippen LogP) is 4.68. The monoisotopic (exact) mass is 481 g/mol. The molecule has 1 unspecified atom stereocenters. The molecule has 4 aromatic rings. The number of hydrogen-bond donors (Lipinski definition) is 1. The fraction of sp³-hybridized carbons (Fsp3) is 0.345. The number of pyridine rings is 1. The largest absolute Gasteiger partial charge is 0.326 e. The van der Waals surface area contributed by atoms with Gasteiger partial charge < -0.3 is 9.88 Å². The third-order valence-electron chi connectivity index (χ3n) is 7.73. The van der Waals surface area contributed by atoms with E-state index < -0.39 is 0 Å². The number of piperidine rings is 2. The van der Waals surface area contributed by atoms with Crippen molar-refractivity contribution < 1.29 is 4.79 Å². The van der Waals surface area contributed by atoms with Gasteiger partial charge in [0, 0.05) is 43.6 Å². The summed E-state index contributed by atoms with van der Waals surface area (Å²) < 4.78 is 1.93. The van der Waals surface area contributed by atoms with Crippen LogP contribution in [0.4, 0.5) is 0 Å². The average Bonchev–Trinajstić information content (AvgIpc) is 3.29. The van der Waals surface area contributed by atoms with Gasteiger partial charge in [-0.05, 0) is 55.9 Å². The lowest BCUT2D eigenvalue weighted by Crippen LogP contribution is -2.55. The van der Waals surface area contributed by atoms with Gasteiger partial charge in [-0.25, -0.2) is 4.79 Å². The Kier molecular flexibility index (Phi) is 6.15. The van der Waals surface area contributed by atoms with Crippen molar-refractivity contribution in [2.45, 2.75) is 44.3 Å². The van der Waals surface area contributed by atoms with E-state index in [0.717, 1.165) is 73.9 Å². The molecule has 184 valence electrons. The molecule has 0 bridgehead atoms. The molecule has 6 rings (SSSR count). The van der Waals surface area contributed by atoms with Gasteiger partial charge in [-0.2, -0.15) is 0 Å². The number of nitrogens with one attached hydrogen (secondary N) is 1. The second-order valence-electron chi connectivity index (χ2n) is 9.89. The topological polar surface area (TPSA) is 74.2 Å². The third-order valence-corrected chi connectivity index (χ3v) is 7.73. The van der Waals surface area contributed by atoms with E-state index in [4.69, 9.17) is 0 Å². The number of carbonyl (C=O) groups is 1. The second kappa shape index (κ2) is 9.74. The zero-order valence-corrected chi connectivity index (χ0v) is 20.3. The van der Waals surface area contributed by atoms with Crippen LogP contribution in [0.3, 0.4) is 0 Å². The summed E-state index contributed by atoms with van der Waals surface area (Å²) in [5, 5.41) is 0. The summed E-state index contributed by atoms with van der Waals surface area (Å²) in [6.45, 7) is 2.50. The van der Waals surface area contributed by atoms with Gasteiger partial charge in [-0.1, -0.05) is 42.5 Å². The number of nitrogens with zero attached hydrogens (tertiary/aromatic N) is 4. The molecule has 0 spiro atoms. The van der Waals surface area contributed by atoms with Crippen molar-refractivity contribution >= 4 is 16.9 Å². The minimum absolute atomic E-state index is 0.0325. The Hall–Kier alpha value is -3.71. The standard InChI is InChI=1S/C29H31N5O2/c35-28(23-18-22(19-30-20-23)21-8-2-1-3-9-21)33-15-7-6-12-27(33)32-16-13-24(14-17-32)34-26-11-5-4-10-25(26)31-29(34)36/h1-5,8-11,18-20,24,27H,6-7,12-17H2,(H,31,36). The highest BCUT2D eigenvalue weighted by atomic mass is 16.2. The Bertz CT molecular complexity index is 1420. The lowest BCUT2D eigenvalue weighted by Gasteiger charge is -2.45. The van der Waals surface area contributed by atoms with E-state index in [1.165, 1.54) is 0 Å². The summed E-state index contributed by atoms with van der Waals surface area (Å²) in [6, 6.07) is 20.1. The highest BCUT2D eigenvalue weighted by Crippen LogP contribution is 2.30. The molecule has 4 heterocycles. The van der Waals surface area contributed by atoms with Crippen LogP contribution in [-0.4, -0.2) is 56.0 Å². The average molecular weight is 482 g/mol.